The van der Waals surface area contributed by atoms with Gasteiger partial charge in [0, 0.05) is 19.1 Å². The van der Waals surface area contributed by atoms with Gasteiger partial charge in [0.15, 0.2) is 0 Å². The van der Waals surface area contributed by atoms with Crippen molar-refractivity contribution < 1.29 is 9.53 Å². The number of carbonyl (C=O) groups excluding carboxylic acids is 1. The fraction of sp³-hybridized carbons (Fsp3) is 0.933. The SMILES string of the molecule is CCCC1NC(C(C)C)N(CC2CCCOC2)C1=O. The van der Waals surface area contributed by atoms with Crippen molar-refractivity contribution >= 4 is 5.91 Å². The highest BCUT2D eigenvalue weighted by molar-refractivity contribution is 5.84. The molecule has 110 valence electrons. The van der Waals surface area contributed by atoms with Crippen molar-refractivity contribution in [3.05, 3.63) is 0 Å². The van der Waals surface area contributed by atoms with Crippen molar-refractivity contribution in [2.45, 2.75) is 58.7 Å². The Morgan fingerprint density at radius 2 is 2.26 bits per heavy atom. The molecule has 0 spiro atoms. The molecule has 19 heavy (non-hydrogen) atoms. The van der Waals surface area contributed by atoms with Crippen molar-refractivity contribution in [1.82, 2.24) is 10.2 Å². The average molecular weight is 268 g/mol. The zero-order valence-electron chi connectivity index (χ0n) is 12.5. The Morgan fingerprint density at radius 3 is 2.84 bits per heavy atom. The third kappa shape index (κ3) is 3.48. The lowest BCUT2D eigenvalue weighted by atomic mass is 10.0. The summed E-state index contributed by atoms with van der Waals surface area (Å²) in [6.07, 6.45) is 4.51. The molecule has 2 saturated heterocycles. The first-order valence-electron chi connectivity index (χ1n) is 7.77. The van der Waals surface area contributed by atoms with Gasteiger partial charge in [-0.15, -0.1) is 0 Å². The highest BCUT2D eigenvalue weighted by Gasteiger charge is 2.40. The maximum Gasteiger partial charge on any atom is 0.241 e. The van der Waals surface area contributed by atoms with Crippen LogP contribution >= 0.6 is 0 Å². The van der Waals surface area contributed by atoms with Gasteiger partial charge < -0.3 is 9.64 Å². The molecule has 0 aliphatic carbocycles. The fourth-order valence-corrected chi connectivity index (χ4v) is 3.19. The first kappa shape index (κ1) is 14.8. The van der Waals surface area contributed by atoms with Crippen molar-refractivity contribution in [2.24, 2.45) is 11.8 Å². The molecule has 4 heteroatoms. The minimum absolute atomic E-state index is 0.0295. The van der Waals surface area contributed by atoms with Crippen LogP contribution < -0.4 is 5.32 Å². The predicted molar refractivity (Wildman–Crippen MR) is 75.7 cm³/mol. The maximum absolute atomic E-state index is 12.5. The van der Waals surface area contributed by atoms with Gasteiger partial charge >= 0.3 is 0 Å². The number of nitrogens with one attached hydrogen (secondary N) is 1. The molecule has 2 heterocycles. The van der Waals surface area contributed by atoms with Gasteiger partial charge in [0.2, 0.25) is 5.91 Å². The van der Waals surface area contributed by atoms with E-state index < -0.39 is 0 Å². The number of amides is 1. The second kappa shape index (κ2) is 6.71. The summed E-state index contributed by atoms with van der Waals surface area (Å²) < 4.78 is 5.54. The van der Waals surface area contributed by atoms with Crippen LogP contribution in [0.1, 0.15) is 46.5 Å². The summed E-state index contributed by atoms with van der Waals surface area (Å²) >= 11 is 0. The molecule has 3 atom stereocenters. The summed E-state index contributed by atoms with van der Waals surface area (Å²) in [5.74, 6) is 1.27. The Hall–Kier alpha value is -0.610. The quantitative estimate of drug-likeness (QED) is 0.829. The molecule has 1 N–H and O–H groups in total. The lowest BCUT2D eigenvalue weighted by Crippen LogP contribution is -2.44. The van der Waals surface area contributed by atoms with Crippen LogP contribution in [0.3, 0.4) is 0 Å². The van der Waals surface area contributed by atoms with E-state index in [4.69, 9.17) is 4.74 Å². The summed E-state index contributed by atoms with van der Waals surface area (Å²) in [5.41, 5.74) is 0. The van der Waals surface area contributed by atoms with Gasteiger partial charge in [-0.05, 0) is 25.2 Å². The van der Waals surface area contributed by atoms with E-state index >= 15 is 0 Å². The molecule has 0 radical (unpaired) electrons. The van der Waals surface area contributed by atoms with Crippen molar-refractivity contribution in [1.29, 1.82) is 0 Å². The molecule has 0 bridgehead atoms. The lowest BCUT2D eigenvalue weighted by Gasteiger charge is -2.32. The van der Waals surface area contributed by atoms with Crippen LogP contribution in [0, 0.1) is 11.8 Å². The Morgan fingerprint density at radius 1 is 1.47 bits per heavy atom. The highest BCUT2D eigenvalue weighted by atomic mass is 16.5. The van der Waals surface area contributed by atoms with Crippen molar-refractivity contribution in [3.63, 3.8) is 0 Å². The summed E-state index contributed by atoms with van der Waals surface area (Å²) in [4.78, 5) is 14.6. The van der Waals surface area contributed by atoms with Crippen LogP contribution in [0.25, 0.3) is 0 Å². The van der Waals surface area contributed by atoms with Crippen LogP contribution in [-0.2, 0) is 9.53 Å². The number of carbonyl (C=O) groups is 1. The van der Waals surface area contributed by atoms with E-state index in [1.54, 1.807) is 0 Å². The zero-order valence-corrected chi connectivity index (χ0v) is 12.5. The van der Waals surface area contributed by atoms with Crippen molar-refractivity contribution in [2.75, 3.05) is 19.8 Å². The van der Waals surface area contributed by atoms with E-state index in [2.05, 4.69) is 31.0 Å². The normalized spacial score (nSPS) is 32.3. The lowest BCUT2D eigenvalue weighted by molar-refractivity contribution is -0.132. The van der Waals surface area contributed by atoms with Crippen LogP contribution in [0.5, 0.6) is 0 Å². The topological polar surface area (TPSA) is 41.6 Å². The van der Waals surface area contributed by atoms with E-state index in [1.807, 2.05) is 0 Å². The number of hydrogen-bond acceptors (Lipinski definition) is 3. The zero-order chi connectivity index (χ0) is 13.8. The Balaban J connectivity index is 1.99. The second-order valence-corrected chi connectivity index (χ2v) is 6.27. The molecular formula is C15H28N2O2. The monoisotopic (exact) mass is 268 g/mol. The summed E-state index contributed by atoms with van der Waals surface area (Å²) in [7, 11) is 0. The number of hydrogen-bond donors (Lipinski definition) is 1. The van der Waals surface area contributed by atoms with E-state index in [1.165, 1.54) is 6.42 Å². The second-order valence-electron chi connectivity index (χ2n) is 6.27. The van der Waals surface area contributed by atoms with E-state index in [-0.39, 0.29) is 12.2 Å². The molecule has 2 aliphatic rings. The smallest absolute Gasteiger partial charge is 0.241 e. The van der Waals surface area contributed by atoms with E-state index in [0.717, 1.165) is 39.0 Å². The highest BCUT2D eigenvalue weighted by Crippen LogP contribution is 2.24. The van der Waals surface area contributed by atoms with Gasteiger partial charge in [-0.2, -0.15) is 0 Å². The number of ether oxygens (including phenoxy) is 1. The molecule has 4 nitrogen and oxygen atoms in total. The van der Waals surface area contributed by atoms with Crippen LogP contribution in [0.15, 0.2) is 0 Å². The van der Waals surface area contributed by atoms with Gasteiger partial charge in [0.25, 0.3) is 0 Å². The molecule has 0 saturated carbocycles. The molecule has 0 aromatic heterocycles. The summed E-state index contributed by atoms with van der Waals surface area (Å²) in [6.45, 7) is 9.06. The average Bonchev–Trinajstić information content (AvgIpc) is 2.70. The van der Waals surface area contributed by atoms with Gasteiger partial charge in [0.05, 0.1) is 18.8 Å². The molecule has 0 aromatic rings. The van der Waals surface area contributed by atoms with E-state index in [9.17, 15) is 4.79 Å². The molecule has 0 aromatic carbocycles. The largest absolute Gasteiger partial charge is 0.381 e. The Bertz CT molecular complexity index is 301. The molecular weight excluding hydrogens is 240 g/mol. The minimum atomic E-state index is 0.0295. The van der Waals surface area contributed by atoms with Gasteiger partial charge in [-0.1, -0.05) is 27.2 Å². The van der Waals surface area contributed by atoms with Gasteiger partial charge in [0.1, 0.15) is 0 Å². The van der Waals surface area contributed by atoms with Gasteiger partial charge in [-0.3, -0.25) is 10.1 Å². The predicted octanol–water partition coefficient (Wildman–Crippen LogP) is 2.00. The summed E-state index contributed by atoms with van der Waals surface area (Å²) in [5, 5.41) is 3.52. The molecule has 2 fully saturated rings. The van der Waals surface area contributed by atoms with E-state index in [0.29, 0.717) is 17.7 Å². The molecule has 2 rings (SSSR count). The molecule has 1 amide bonds. The number of nitrogens with zero attached hydrogens (tertiary/aromatic N) is 1. The number of rotatable bonds is 5. The molecule has 2 aliphatic heterocycles. The third-order valence-corrected chi connectivity index (χ3v) is 4.21. The van der Waals surface area contributed by atoms with Gasteiger partial charge in [-0.25, -0.2) is 0 Å². The standard InChI is InChI=1S/C15H28N2O2/c1-4-6-13-15(18)17(14(16-13)11(2)3)9-12-7-5-8-19-10-12/h11-14,16H,4-10H2,1-3H3. The minimum Gasteiger partial charge on any atom is -0.381 e. The first-order valence-corrected chi connectivity index (χ1v) is 7.77. The van der Waals surface area contributed by atoms with Crippen molar-refractivity contribution in [3.8, 4) is 0 Å². The molecule has 3 unspecified atom stereocenters. The Kier molecular flexibility index (Phi) is 5.22. The Labute approximate surface area is 116 Å². The third-order valence-electron chi connectivity index (χ3n) is 4.21. The van der Waals surface area contributed by atoms with Crippen LogP contribution in [-0.4, -0.2) is 42.8 Å². The maximum atomic E-state index is 12.5. The fourth-order valence-electron chi connectivity index (χ4n) is 3.19. The van der Waals surface area contributed by atoms with Crippen LogP contribution in [0.4, 0.5) is 0 Å². The summed E-state index contributed by atoms with van der Waals surface area (Å²) in [6, 6.07) is 0.0295. The first-order chi connectivity index (χ1) is 9.13. The van der Waals surface area contributed by atoms with Crippen LogP contribution in [0.2, 0.25) is 0 Å².